The van der Waals surface area contributed by atoms with Crippen LogP contribution in [0.3, 0.4) is 0 Å². The van der Waals surface area contributed by atoms with Crippen LogP contribution in [0.15, 0.2) is 23.2 Å². The second-order valence-corrected chi connectivity index (χ2v) is 9.76. The summed E-state index contributed by atoms with van der Waals surface area (Å²) in [7, 11) is 0. The molecule has 0 N–H and O–H groups in total. The first-order valence-electron chi connectivity index (χ1n) is 15.2. The van der Waals surface area contributed by atoms with Crippen LogP contribution < -0.4 is 5.11 Å². The van der Waals surface area contributed by atoms with Crippen molar-refractivity contribution in [2.24, 2.45) is 0 Å². The molecule has 0 aromatic carbocycles. The Labute approximate surface area is 236 Å². The first-order valence-corrected chi connectivity index (χ1v) is 15.2. The maximum atomic E-state index is 12.9. The van der Waals surface area contributed by atoms with Gasteiger partial charge >= 0.3 is 17.9 Å². The summed E-state index contributed by atoms with van der Waals surface area (Å²) in [5, 5.41) is 12.9. The highest BCUT2D eigenvalue weighted by atomic mass is 16.6. The van der Waals surface area contributed by atoms with E-state index in [1.54, 1.807) is 0 Å². The van der Waals surface area contributed by atoms with Gasteiger partial charge in [0.1, 0.15) is 5.57 Å². The number of esters is 3. The lowest BCUT2D eigenvalue weighted by Crippen LogP contribution is -2.23. The van der Waals surface area contributed by atoms with Gasteiger partial charge in [-0.3, -0.25) is 0 Å². The molecule has 0 aromatic rings. The van der Waals surface area contributed by atoms with Gasteiger partial charge in [0.05, 0.1) is 31.3 Å². The minimum Gasteiger partial charge on any atom is -0.613 e. The summed E-state index contributed by atoms with van der Waals surface area (Å²) in [6, 6.07) is 0. The van der Waals surface area contributed by atoms with Crippen molar-refractivity contribution in [2.75, 3.05) is 26.4 Å². The fraction of sp³-hybridized carbons (Fsp3) is 0.774. The molecule has 226 valence electrons. The molecular weight excluding hydrogens is 500 g/mol. The molecule has 0 fully saturated rings. The van der Waals surface area contributed by atoms with Crippen LogP contribution in [0.1, 0.15) is 130 Å². The molecule has 39 heavy (non-hydrogen) atoms. The van der Waals surface area contributed by atoms with Crippen molar-refractivity contribution in [3.63, 3.8) is 0 Å². The van der Waals surface area contributed by atoms with Gasteiger partial charge in [-0.2, -0.15) is 0 Å². The summed E-state index contributed by atoms with van der Waals surface area (Å²) in [6.07, 6.45) is 15.2. The largest absolute Gasteiger partial charge is 0.613 e. The Morgan fingerprint density at radius 1 is 0.487 bits per heavy atom. The van der Waals surface area contributed by atoms with Gasteiger partial charge in [0.2, 0.25) is 0 Å². The van der Waals surface area contributed by atoms with Crippen LogP contribution in [-0.4, -0.2) is 44.3 Å². The quantitative estimate of drug-likeness (QED) is 0.0185. The lowest BCUT2D eigenvalue weighted by Gasteiger charge is -2.19. The van der Waals surface area contributed by atoms with Gasteiger partial charge in [0.15, 0.2) is 0 Å². The highest BCUT2D eigenvalue weighted by Gasteiger charge is 2.25. The Balaban J connectivity index is 5.80. The Morgan fingerprint density at radius 2 is 0.821 bits per heavy atom. The fourth-order valence-electron chi connectivity index (χ4n) is 3.63. The van der Waals surface area contributed by atoms with Gasteiger partial charge in [0, 0.05) is 0 Å². The van der Waals surface area contributed by atoms with Gasteiger partial charge in [-0.25, -0.2) is 14.4 Å². The van der Waals surface area contributed by atoms with Crippen LogP contribution in [-0.2, 0) is 33.3 Å². The van der Waals surface area contributed by atoms with Crippen LogP contribution in [0.5, 0.6) is 0 Å². The Kier molecular flexibility index (Phi) is 24.1. The minimum absolute atomic E-state index is 0.124. The van der Waals surface area contributed by atoms with E-state index in [0.29, 0.717) is 25.7 Å². The second-order valence-electron chi connectivity index (χ2n) is 9.76. The molecule has 0 bridgehead atoms. The van der Waals surface area contributed by atoms with E-state index in [9.17, 15) is 19.5 Å². The van der Waals surface area contributed by atoms with Gasteiger partial charge in [-0.15, -0.1) is 0 Å². The Hall–Kier alpha value is -2.51. The molecule has 0 aromatic heterocycles. The summed E-state index contributed by atoms with van der Waals surface area (Å²) in [4.78, 5) is 38.7. The molecular formula is C31H53O8-. The summed E-state index contributed by atoms with van der Waals surface area (Å²) in [5.74, 6) is -3.74. The number of ether oxygens (including phenoxy) is 4. The number of unbranched alkanes of at least 4 members (excludes halogenated alkanes) is 12. The Bertz CT molecular complexity index is 698. The number of carbonyl (C=O) groups is 3. The van der Waals surface area contributed by atoms with Crippen molar-refractivity contribution < 1.29 is 38.4 Å². The standard InChI is InChI=1S/C31H54O8/c1-5-9-13-17-21-36-28(32)26(29(33)37-22-18-14-10-6-2)25-27(30(34)38-23-19-15-11-7-3)31(35)39-24-20-16-12-8-4/h25,32H,5-24H2,1-4H3/p-1/b28-26-. The van der Waals surface area contributed by atoms with E-state index in [1.807, 2.05) is 0 Å². The lowest BCUT2D eigenvalue weighted by atomic mass is 10.1. The Morgan fingerprint density at radius 3 is 1.18 bits per heavy atom. The minimum atomic E-state index is -0.936. The van der Waals surface area contributed by atoms with Gasteiger partial charge in [-0.1, -0.05) is 105 Å². The fourth-order valence-corrected chi connectivity index (χ4v) is 3.63. The molecule has 0 heterocycles. The third kappa shape index (κ3) is 19.2. The van der Waals surface area contributed by atoms with Gasteiger partial charge < -0.3 is 24.1 Å². The number of hydrogen-bond donors (Lipinski definition) is 0. The number of carbonyl (C=O) groups excluding carboxylic acids is 3. The van der Waals surface area contributed by atoms with Crippen LogP contribution in [0.2, 0.25) is 0 Å². The zero-order valence-corrected chi connectivity index (χ0v) is 25.0. The van der Waals surface area contributed by atoms with Crippen LogP contribution >= 0.6 is 0 Å². The third-order valence-electron chi connectivity index (χ3n) is 6.09. The van der Waals surface area contributed by atoms with E-state index < -0.39 is 35.0 Å². The molecule has 8 heteroatoms. The predicted octanol–water partition coefficient (Wildman–Crippen LogP) is 6.45. The van der Waals surface area contributed by atoms with E-state index in [2.05, 4.69) is 27.7 Å². The van der Waals surface area contributed by atoms with Crippen molar-refractivity contribution in [1.29, 1.82) is 0 Å². The van der Waals surface area contributed by atoms with Crippen LogP contribution in [0.4, 0.5) is 0 Å². The molecule has 0 aliphatic heterocycles. The molecule has 0 saturated heterocycles. The van der Waals surface area contributed by atoms with Crippen LogP contribution in [0.25, 0.3) is 0 Å². The average molecular weight is 554 g/mol. The zero-order valence-electron chi connectivity index (χ0n) is 25.0. The predicted molar refractivity (Wildman–Crippen MR) is 151 cm³/mol. The zero-order chi connectivity index (χ0) is 29.1. The monoisotopic (exact) mass is 553 g/mol. The normalized spacial score (nSPS) is 11.4. The average Bonchev–Trinajstić information content (AvgIpc) is 2.92. The van der Waals surface area contributed by atoms with E-state index in [1.165, 1.54) is 0 Å². The number of rotatable bonds is 25. The highest BCUT2D eigenvalue weighted by Crippen LogP contribution is 2.15. The second kappa shape index (κ2) is 25.8. The van der Waals surface area contributed by atoms with E-state index in [-0.39, 0.29) is 26.4 Å². The van der Waals surface area contributed by atoms with E-state index >= 15 is 0 Å². The van der Waals surface area contributed by atoms with Crippen molar-refractivity contribution in [1.82, 2.24) is 0 Å². The first kappa shape index (κ1) is 36.5. The lowest BCUT2D eigenvalue weighted by molar-refractivity contribution is -0.358. The first-order chi connectivity index (χ1) is 18.9. The van der Waals surface area contributed by atoms with Gasteiger partial charge in [0.25, 0.3) is 0 Å². The maximum Gasteiger partial charge on any atom is 0.345 e. The molecule has 0 radical (unpaired) electrons. The summed E-state index contributed by atoms with van der Waals surface area (Å²) < 4.78 is 21.2. The van der Waals surface area contributed by atoms with E-state index in [4.69, 9.17) is 18.9 Å². The molecule has 0 rings (SSSR count). The topological polar surface area (TPSA) is 111 Å². The molecule has 0 spiro atoms. The SMILES string of the molecule is CCCCCCOC(=O)C(=C/C(C(=O)OCCCCCC)=C(\[O-])OCCCCCC)C(=O)OCCCCCC. The summed E-state index contributed by atoms with van der Waals surface area (Å²) >= 11 is 0. The highest BCUT2D eigenvalue weighted by molar-refractivity contribution is 6.15. The van der Waals surface area contributed by atoms with Crippen molar-refractivity contribution >= 4 is 17.9 Å². The van der Waals surface area contributed by atoms with Crippen molar-refractivity contribution in [2.45, 2.75) is 130 Å². The molecule has 0 saturated carbocycles. The summed E-state index contributed by atoms with van der Waals surface area (Å²) in [5.41, 5.74) is -1.02. The van der Waals surface area contributed by atoms with E-state index in [0.717, 1.165) is 83.1 Å². The molecule has 0 aliphatic carbocycles. The molecule has 0 aliphatic rings. The van der Waals surface area contributed by atoms with Gasteiger partial charge in [-0.05, 0) is 38.4 Å². The molecule has 8 nitrogen and oxygen atoms in total. The maximum absolute atomic E-state index is 12.9. The number of hydrogen-bond acceptors (Lipinski definition) is 8. The molecule has 0 amide bonds. The third-order valence-corrected chi connectivity index (χ3v) is 6.09. The molecule has 0 atom stereocenters. The van der Waals surface area contributed by atoms with Crippen molar-refractivity contribution in [3.8, 4) is 0 Å². The van der Waals surface area contributed by atoms with Crippen LogP contribution in [0, 0.1) is 0 Å². The molecule has 0 unspecified atom stereocenters. The smallest absolute Gasteiger partial charge is 0.345 e. The summed E-state index contributed by atoms with van der Waals surface area (Å²) in [6.45, 7) is 8.80. The van der Waals surface area contributed by atoms with Crippen molar-refractivity contribution in [3.05, 3.63) is 23.2 Å².